The second-order valence-corrected chi connectivity index (χ2v) is 4.63. The molecule has 1 N–H and O–H groups in total. The predicted octanol–water partition coefficient (Wildman–Crippen LogP) is -0.0674. The smallest absolute Gasteiger partial charge is 0.358 e. The van der Waals surface area contributed by atoms with Gasteiger partial charge in [-0.25, -0.2) is 9.78 Å². The van der Waals surface area contributed by atoms with E-state index in [2.05, 4.69) is 9.88 Å². The van der Waals surface area contributed by atoms with Crippen LogP contribution in [-0.4, -0.2) is 71.6 Å². The van der Waals surface area contributed by atoms with Crippen molar-refractivity contribution in [1.29, 1.82) is 0 Å². The fraction of sp³-hybridized carbons (Fsp3) is 0.462. The number of hydrogen-bond donors (Lipinski definition) is 1. The topological polar surface area (TPSA) is 83.0 Å². The maximum atomic E-state index is 12.0. The molecule has 1 aromatic heterocycles. The van der Waals surface area contributed by atoms with Crippen LogP contribution in [0.1, 0.15) is 10.5 Å². The highest BCUT2D eigenvalue weighted by molar-refractivity contribution is 5.88. The molecule has 1 saturated heterocycles. The number of carbonyl (C=O) groups is 2. The quantitative estimate of drug-likeness (QED) is 0.831. The van der Waals surface area contributed by atoms with Crippen LogP contribution in [0.15, 0.2) is 18.3 Å². The third-order valence-corrected chi connectivity index (χ3v) is 3.18. The van der Waals surface area contributed by atoms with E-state index in [1.165, 1.54) is 12.3 Å². The van der Waals surface area contributed by atoms with Crippen molar-refractivity contribution in [3.63, 3.8) is 0 Å². The number of amides is 1. The van der Waals surface area contributed by atoms with Crippen molar-refractivity contribution in [2.75, 3.05) is 39.8 Å². The first-order valence-electron chi connectivity index (χ1n) is 6.35. The van der Waals surface area contributed by atoms with Gasteiger partial charge in [0, 0.05) is 32.4 Å². The lowest BCUT2D eigenvalue weighted by Crippen LogP contribution is -2.48. The zero-order valence-electron chi connectivity index (χ0n) is 11.3. The Labute approximate surface area is 116 Å². The molecule has 0 aromatic carbocycles. The van der Waals surface area contributed by atoms with Crippen LogP contribution in [0.2, 0.25) is 0 Å². The number of aromatic carboxylic acids is 1. The number of hydrogen-bond acceptors (Lipinski definition) is 5. The van der Waals surface area contributed by atoms with Crippen LogP contribution in [0, 0.1) is 0 Å². The summed E-state index contributed by atoms with van der Waals surface area (Å²) in [5.41, 5.74) is -0.182. The zero-order chi connectivity index (χ0) is 14.5. The average Bonchev–Trinajstić information content (AvgIpc) is 2.45. The first-order chi connectivity index (χ1) is 9.58. The number of carbonyl (C=O) groups excluding carboxylic acids is 1. The second kappa shape index (κ2) is 6.33. The molecule has 7 nitrogen and oxygen atoms in total. The molecule has 0 saturated carbocycles. The maximum Gasteiger partial charge on any atom is 0.358 e. The summed E-state index contributed by atoms with van der Waals surface area (Å²) < 4.78 is 5.29. The van der Waals surface area contributed by atoms with E-state index in [4.69, 9.17) is 9.84 Å². The number of likely N-dealkylation sites (N-methyl/N-ethyl adjacent to an activating group) is 1. The molecule has 0 atom stereocenters. The van der Waals surface area contributed by atoms with E-state index >= 15 is 0 Å². The molecule has 0 unspecified atom stereocenters. The van der Waals surface area contributed by atoms with Gasteiger partial charge in [-0.2, -0.15) is 0 Å². The lowest BCUT2D eigenvalue weighted by Gasteiger charge is -2.32. The van der Waals surface area contributed by atoms with Gasteiger partial charge in [-0.3, -0.25) is 4.79 Å². The molecule has 7 heteroatoms. The number of ether oxygens (including phenoxy) is 1. The van der Waals surface area contributed by atoms with Crippen molar-refractivity contribution >= 4 is 11.9 Å². The van der Waals surface area contributed by atoms with Crippen LogP contribution in [0.25, 0.3) is 0 Å². The summed E-state index contributed by atoms with van der Waals surface area (Å²) in [6, 6.07) is 3.07. The molecule has 0 aliphatic carbocycles. The van der Waals surface area contributed by atoms with Gasteiger partial charge < -0.3 is 19.6 Å². The van der Waals surface area contributed by atoms with E-state index in [0.29, 0.717) is 13.1 Å². The summed E-state index contributed by atoms with van der Waals surface area (Å²) in [6.07, 6.45) is 1.37. The van der Waals surface area contributed by atoms with Gasteiger partial charge in [0.1, 0.15) is 0 Å². The van der Waals surface area contributed by atoms with Gasteiger partial charge in [0.05, 0.1) is 0 Å². The summed E-state index contributed by atoms with van der Waals surface area (Å²) >= 11 is 0. The fourth-order valence-corrected chi connectivity index (χ4v) is 1.95. The van der Waals surface area contributed by atoms with Crippen LogP contribution in [0.3, 0.4) is 0 Å². The minimum Gasteiger partial charge on any atom is -0.481 e. The number of carboxylic acid groups (broad SMARTS) is 1. The first-order valence-corrected chi connectivity index (χ1v) is 6.35. The van der Waals surface area contributed by atoms with E-state index in [1.54, 1.807) is 11.0 Å². The Morgan fingerprint density at radius 2 is 2.05 bits per heavy atom. The molecule has 20 heavy (non-hydrogen) atoms. The lowest BCUT2D eigenvalue weighted by atomic mass is 10.3. The molecule has 2 heterocycles. The monoisotopic (exact) mass is 279 g/mol. The largest absolute Gasteiger partial charge is 0.481 e. The van der Waals surface area contributed by atoms with Gasteiger partial charge in [-0.1, -0.05) is 0 Å². The van der Waals surface area contributed by atoms with Crippen molar-refractivity contribution in [1.82, 2.24) is 14.8 Å². The van der Waals surface area contributed by atoms with Crippen LogP contribution >= 0.6 is 0 Å². The van der Waals surface area contributed by atoms with E-state index in [-0.39, 0.29) is 24.0 Å². The van der Waals surface area contributed by atoms with Crippen molar-refractivity contribution in [2.45, 2.75) is 0 Å². The van der Waals surface area contributed by atoms with Gasteiger partial charge in [-0.05, 0) is 19.2 Å². The van der Waals surface area contributed by atoms with E-state index in [0.717, 1.165) is 13.1 Å². The Morgan fingerprint density at radius 1 is 1.35 bits per heavy atom. The normalized spacial score (nSPS) is 15.9. The molecule has 0 radical (unpaired) electrons. The van der Waals surface area contributed by atoms with Crippen LogP contribution < -0.4 is 4.74 Å². The number of carboxylic acids is 1. The molecule has 1 aliphatic rings. The SMILES string of the molecule is CN1CCN(C(=O)COc2cccnc2C(=O)O)CC1. The molecule has 1 aromatic rings. The van der Waals surface area contributed by atoms with Crippen molar-refractivity contribution in [2.24, 2.45) is 0 Å². The summed E-state index contributed by atoms with van der Waals surface area (Å²) in [5.74, 6) is -1.20. The second-order valence-electron chi connectivity index (χ2n) is 4.63. The van der Waals surface area contributed by atoms with Gasteiger partial charge in [0.15, 0.2) is 18.1 Å². The predicted molar refractivity (Wildman–Crippen MR) is 70.8 cm³/mol. The third kappa shape index (κ3) is 3.45. The number of rotatable bonds is 4. The fourth-order valence-electron chi connectivity index (χ4n) is 1.95. The van der Waals surface area contributed by atoms with Gasteiger partial charge in [0.2, 0.25) is 0 Å². The molecule has 1 amide bonds. The highest BCUT2D eigenvalue weighted by Gasteiger charge is 2.20. The first kappa shape index (κ1) is 14.3. The lowest BCUT2D eigenvalue weighted by molar-refractivity contribution is -0.134. The van der Waals surface area contributed by atoms with E-state index in [9.17, 15) is 9.59 Å². The van der Waals surface area contributed by atoms with Crippen LogP contribution in [-0.2, 0) is 4.79 Å². The Bertz CT molecular complexity index is 498. The Kier molecular flexibility index (Phi) is 4.52. The Balaban J connectivity index is 1.92. The van der Waals surface area contributed by atoms with Gasteiger partial charge >= 0.3 is 5.97 Å². The molecule has 0 spiro atoms. The van der Waals surface area contributed by atoms with Crippen LogP contribution in [0.5, 0.6) is 5.75 Å². The van der Waals surface area contributed by atoms with Crippen molar-refractivity contribution in [3.8, 4) is 5.75 Å². The molecule has 2 rings (SSSR count). The number of piperazine rings is 1. The average molecular weight is 279 g/mol. The number of pyridine rings is 1. The highest BCUT2D eigenvalue weighted by atomic mass is 16.5. The standard InChI is InChI=1S/C13H17N3O4/c1-15-5-7-16(8-6-15)11(17)9-20-10-3-2-4-14-12(10)13(18)19/h2-4H,5-9H2,1H3,(H,18,19). The number of nitrogens with zero attached hydrogens (tertiary/aromatic N) is 3. The van der Waals surface area contributed by atoms with Gasteiger partial charge in [-0.15, -0.1) is 0 Å². The molecule has 108 valence electrons. The Hall–Kier alpha value is -2.15. The molecule has 0 bridgehead atoms. The minimum atomic E-state index is -1.17. The third-order valence-electron chi connectivity index (χ3n) is 3.18. The summed E-state index contributed by atoms with van der Waals surface area (Å²) in [4.78, 5) is 30.5. The van der Waals surface area contributed by atoms with Crippen LogP contribution in [0.4, 0.5) is 0 Å². The van der Waals surface area contributed by atoms with Crippen molar-refractivity contribution < 1.29 is 19.4 Å². The molecular formula is C13H17N3O4. The summed E-state index contributed by atoms with van der Waals surface area (Å²) in [5, 5.41) is 8.97. The number of aromatic nitrogens is 1. The van der Waals surface area contributed by atoms with E-state index < -0.39 is 5.97 Å². The van der Waals surface area contributed by atoms with E-state index in [1.807, 2.05) is 7.05 Å². The maximum absolute atomic E-state index is 12.0. The molecule has 1 fully saturated rings. The summed E-state index contributed by atoms with van der Waals surface area (Å²) in [6.45, 7) is 2.82. The zero-order valence-corrected chi connectivity index (χ0v) is 11.3. The minimum absolute atomic E-state index is 0.113. The highest BCUT2D eigenvalue weighted by Crippen LogP contribution is 2.15. The van der Waals surface area contributed by atoms with Crippen molar-refractivity contribution in [3.05, 3.63) is 24.0 Å². The summed E-state index contributed by atoms with van der Waals surface area (Å²) in [7, 11) is 2.01. The Morgan fingerprint density at radius 3 is 2.70 bits per heavy atom. The molecular weight excluding hydrogens is 262 g/mol. The van der Waals surface area contributed by atoms with Gasteiger partial charge in [0.25, 0.3) is 5.91 Å². The molecule has 1 aliphatic heterocycles.